The second-order valence-corrected chi connectivity index (χ2v) is 4.82. The number of nitrogens with zero attached hydrogens (tertiary/aromatic N) is 2. The molecule has 0 bridgehead atoms. The summed E-state index contributed by atoms with van der Waals surface area (Å²) in [6.45, 7) is 2.89. The summed E-state index contributed by atoms with van der Waals surface area (Å²) < 4.78 is 39.8. The van der Waals surface area contributed by atoms with E-state index < -0.39 is 11.7 Å². The third kappa shape index (κ3) is 3.44. The molecule has 6 heteroatoms. The number of imidazole rings is 1. The van der Waals surface area contributed by atoms with Gasteiger partial charge in [0.05, 0.1) is 11.6 Å². The number of aromatic nitrogens is 2. The lowest BCUT2D eigenvalue weighted by molar-refractivity contribution is -0.137. The fourth-order valence-corrected chi connectivity index (χ4v) is 2.32. The zero-order valence-electron chi connectivity index (χ0n) is 12.0. The van der Waals surface area contributed by atoms with E-state index in [0.29, 0.717) is 0 Å². The highest BCUT2D eigenvalue weighted by atomic mass is 19.4. The summed E-state index contributed by atoms with van der Waals surface area (Å²) in [5.74, 6) is 0.805. The summed E-state index contributed by atoms with van der Waals surface area (Å²) in [7, 11) is 1.77. The Balaban J connectivity index is 2.31. The van der Waals surface area contributed by atoms with Gasteiger partial charge in [0.1, 0.15) is 5.82 Å². The lowest BCUT2D eigenvalue weighted by Gasteiger charge is -2.18. The van der Waals surface area contributed by atoms with Gasteiger partial charge in [0.15, 0.2) is 0 Å². The first kappa shape index (κ1) is 15.6. The van der Waals surface area contributed by atoms with Gasteiger partial charge in [-0.1, -0.05) is 19.1 Å². The van der Waals surface area contributed by atoms with E-state index in [1.54, 1.807) is 13.2 Å². The maximum atomic E-state index is 12.6. The number of benzene rings is 1. The average molecular weight is 297 g/mol. The predicted molar refractivity (Wildman–Crippen MR) is 74.9 cm³/mol. The summed E-state index contributed by atoms with van der Waals surface area (Å²) in [4.78, 5) is 4.33. The topological polar surface area (TPSA) is 29.9 Å². The molecule has 0 saturated heterocycles. The van der Waals surface area contributed by atoms with Crippen LogP contribution in [-0.4, -0.2) is 16.6 Å². The van der Waals surface area contributed by atoms with Crippen LogP contribution in [0.4, 0.5) is 13.2 Å². The first-order chi connectivity index (χ1) is 9.97. The maximum Gasteiger partial charge on any atom is 0.416 e. The molecule has 1 aromatic heterocycles. The van der Waals surface area contributed by atoms with Crippen molar-refractivity contribution in [2.45, 2.75) is 32.1 Å². The van der Waals surface area contributed by atoms with Crippen LogP contribution >= 0.6 is 0 Å². The molecule has 0 saturated carbocycles. The molecule has 1 unspecified atom stereocenters. The van der Waals surface area contributed by atoms with E-state index >= 15 is 0 Å². The van der Waals surface area contributed by atoms with Crippen molar-refractivity contribution in [2.75, 3.05) is 7.05 Å². The van der Waals surface area contributed by atoms with Gasteiger partial charge in [-0.3, -0.25) is 0 Å². The van der Waals surface area contributed by atoms with Crippen molar-refractivity contribution in [3.05, 3.63) is 53.6 Å². The van der Waals surface area contributed by atoms with Gasteiger partial charge in [-0.15, -0.1) is 0 Å². The summed E-state index contributed by atoms with van der Waals surface area (Å²) in [6, 6.07) is 4.97. The average Bonchev–Trinajstić information content (AvgIpc) is 2.88. The van der Waals surface area contributed by atoms with E-state index in [4.69, 9.17) is 0 Å². The van der Waals surface area contributed by atoms with Crippen molar-refractivity contribution in [3.63, 3.8) is 0 Å². The third-order valence-corrected chi connectivity index (χ3v) is 3.33. The van der Waals surface area contributed by atoms with E-state index in [-0.39, 0.29) is 6.04 Å². The molecule has 2 aromatic rings. The van der Waals surface area contributed by atoms with Crippen molar-refractivity contribution < 1.29 is 13.2 Å². The fraction of sp³-hybridized carbons (Fsp3) is 0.400. The summed E-state index contributed by atoms with van der Waals surface area (Å²) in [5, 5.41) is 3.11. The second-order valence-electron chi connectivity index (χ2n) is 4.82. The van der Waals surface area contributed by atoms with Gasteiger partial charge in [-0.2, -0.15) is 13.2 Å². The molecular formula is C15H18F3N3. The Morgan fingerprint density at radius 2 is 1.90 bits per heavy atom. The molecule has 2 rings (SSSR count). The van der Waals surface area contributed by atoms with Crippen LogP contribution in [0.15, 0.2) is 36.7 Å². The van der Waals surface area contributed by atoms with Gasteiger partial charge in [-0.05, 0) is 31.2 Å². The molecule has 1 aromatic carbocycles. The maximum absolute atomic E-state index is 12.6. The molecule has 0 aliphatic carbocycles. The van der Waals surface area contributed by atoms with E-state index in [9.17, 15) is 13.2 Å². The molecular weight excluding hydrogens is 279 g/mol. The SMILES string of the molecule is CCCn1ccnc1C(NC)c1ccc(C(F)(F)F)cc1. The Morgan fingerprint density at radius 3 is 2.43 bits per heavy atom. The number of halogens is 3. The normalized spacial score (nSPS) is 13.4. The molecule has 1 N–H and O–H groups in total. The Labute approximate surface area is 121 Å². The van der Waals surface area contributed by atoms with Crippen LogP contribution in [-0.2, 0) is 12.7 Å². The second kappa shape index (κ2) is 6.30. The van der Waals surface area contributed by atoms with Gasteiger partial charge >= 0.3 is 6.18 Å². The summed E-state index contributed by atoms with van der Waals surface area (Å²) in [5.41, 5.74) is 0.118. The first-order valence-electron chi connectivity index (χ1n) is 6.82. The van der Waals surface area contributed by atoms with Gasteiger partial charge < -0.3 is 9.88 Å². The molecule has 0 fully saturated rings. The molecule has 1 heterocycles. The van der Waals surface area contributed by atoms with E-state index in [2.05, 4.69) is 17.2 Å². The minimum Gasteiger partial charge on any atom is -0.333 e. The van der Waals surface area contributed by atoms with Crippen LogP contribution in [0, 0.1) is 0 Å². The van der Waals surface area contributed by atoms with Crippen LogP contribution in [0.2, 0.25) is 0 Å². The molecule has 21 heavy (non-hydrogen) atoms. The molecule has 0 spiro atoms. The Hall–Kier alpha value is -1.82. The highest BCUT2D eigenvalue weighted by Gasteiger charge is 2.30. The number of hydrogen-bond donors (Lipinski definition) is 1. The smallest absolute Gasteiger partial charge is 0.333 e. The first-order valence-corrected chi connectivity index (χ1v) is 6.82. The predicted octanol–water partition coefficient (Wildman–Crippen LogP) is 3.62. The summed E-state index contributed by atoms with van der Waals surface area (Å²) >= 11 is 0. The van der Waals surface area contributed by atoms with Crippen molar-refractivity contribution in [2.24, 2.45) is 0 Å². The van der Waals surface area contributed by atoms with E-state index in [1.807, 2.05) is 10.8 Å². The van der Waals surface area contributed by atoms with E-state index in [1.165, 1.54) is 12.1 Å². The molecule has 0 aliphatic rings. The molecule has 1 atom stereocenters. The van der Waals surface area contributed by atoms with Crippen molar-refractivity contribution >= 4 is 0 Å². The number of aryl methyl sites for hydroxylation is 1. The molecule has 3 nitrogen and oxygen atoms in total. The van der Waals surface area contributed by atoms with Crippen LogP contribution in [0.5, 0.6) is 0 Å². The van der Waals surface area contributed by atoms with Gasteiger partial charge in [0, 0.05) is 18.9 Å². The zero-order valence-corrected chi connectivity index (χ0v) is 12.0. The van der Waals surface area contributed by atoms with Crippen LogP contribution in [0.3, 0.4) is 0 Å². The molecule has 0 radical (unpaired) electrons. The molecule has 0 amide bonds. The monoisotopic (exact) mass is 297 g/mol. The molecule has 0 aliphatic heterocycles. The lowest BCUT2D eigenvalue weighted by atomic mass is 10.0. The highest BCUT2D eigenvalue weighted by Crippen LogP contribution is 2.30. The quantitative estimate of drug-likeness (QED) is 0.913. The number of rotatable bonds is 5. The van der Waals surface area contributed by atoms with Crippen molar-refractivity contribution in [1.82, 2.24) is 14.9 Å². The van der Waals surface area contributed by atoms with Crippen LogP contribution < -0.4 is 5.32 Å². The number of alkyl halides is 3. The third-order valence-electron chi connectivity index (χ3n) is 3.33. The van der Waals surface area contributed by atoms with Gasteiger partial charge in [0.2, 0.25) is 0 Å². The minimum atomic E-state index is -4.31. The highest BCUT2D eigenvalue weighted by molar-refractivity contribution is 5.30. The minimum absolute atomic E-state index is 0.228. The Kier molecular flexibility index (Phi) is 4.67. The van der Waals surface area contributed by atoms with Crippen LogP contribution in [0.1, 0.15) is 36.3 Å². The summed E-state index contributed by atoms with van der Waals surface area (Å²) in [6.07, 6.45) is 0.244. The fourth-order valence-electron chi connectivity index (χ4n) is 2.32. The number of nitrogens with one attached hydrogen (secondary N) is 1. The van der Waals surface area contributed by atoms with Gasteiger partial charge in [-0.25, -0.2) is 4.98 Å². The van der Waals surface area contributed by atoms with E-state index in [0.717, 1.165) is 36.5 Å². The van der Waals surface area contributed by atoms with Gasteiger partial charge in [0.25, 0.3) is 0 Å². The van der Waals surface area contributed by atoms with Crippen molar-refractivity contribution in [1.29, 1.82) is 0 Å². The van der Waals surface area contributed by atoms with Crippen LogP contribution in [0.25, 0.3) is 0 Å². The lowest BCUT2D eigenvalue weighted by Crippen LogP contribution is -2.22. The molecule has 114 valence electrons. The Bertz CT molecular complexity index is 573. The zero-order chi connectivity index (χ0) is 15.5. The Morgan fingerprint density at radius 1 is 1.24 bits per heavy atom. The van der Waals surface area contributed by atoms with Crippen molar-refractivity contribution in [3.8, 4) is 0 Å². The largest absolute Gasteiger partial charge is 0.416 e. The standard InChI is InChI=1S/C15H18F3N3/c1-3-9-21-10-8-20-14(21)13(19-2)11-4-6-12(7-5-11)15(16,17)18/h4-8,10,13,19H,3,9H2,1-2H3. The number of hydrogen-bond acceptors (Lipinski definition) is 2.